The molecule has 0 radical (unpaired) electrons. The largest absolute Gasteiger partial charge is 0.469 e. The maximum Gasteiger partial charge on any atom is 0.307 e. The minimum atomic E-state index is -1.32. The molecular formula is C14H19BrClNO3S. The highest BCUT2D eigenvalue weighted by Crippen LogP contribution is 2.27. The fraction of sp³-hybridized carbons (Fsp3) is 0.500. The van der Waals surface area contributed by atoms with E-state index in [2.05, 4.69) is 20.7 Å². The van der Waals surface area contributed by atoms with Crippen LogP contribution in [0.4, 0.5) is 0 Å². The molecule has 2 atom stereocenters. The summed E-state index contributed by atoms with van der Waals surface area (Å²) in [6.07, 6.45) is 0.0745. The Morgan fingerprint density at radius 2 is 2.05 bits per heavy atom. The third-order valence-corrected chi connectivity index (χ3v) is 4.98. The van der Waals surface area contributed by atoms with Crippen molar-refractivity contribution in [3.8, 4) is 0 Å². The SMILES string of the molecule is COC(=O)C[C@H](N[S@](=O)C(C)(C)C)c1cc(Cl)cc(Br)c1. The first kappa shape index (κ1) is 18.6. The number of ether oxygens (including phenoxy) is 1. The number of hydrogen-bond acceptors (Lipinski definition) is 3. The number of carbonyl (C=O) groups excluding carboxylic acids is 1. The Morgan fingerprint density at radius 3 is 2.52 bits per heavy atom. The molecule has 0 aromatic heterocycles. The highest BCUT2D eigenvalue weighted by molar-refractivity contribution is 9.10. The van der Waals surface area contributed by atoms with Crippen LogP contribution in [0, 0.1) is 0 Å². The zero-order valence-corrected chi connectivity index (χ0v) is 15.6. The van der Waals surface area contributed by atoms with E-state index in [1.165, 1.54) is 7.11 Å². The Hall–Kier alpha value is -0.430. The van der Waals surface area contributed by atoms with Gasteiger partial charge < -0.3 is 4.74 Å². The van der Waals surface area contributed by atoms with Crippen LogP contribution in [0.25, 0.3) is 0 Å². The first-order valence-electron chi connectivity index (χ1n) is 6.34. The fourth-order valence-electron chi connectivity index (χ4n) is 1.56. The summed E-state index contributed by atoms with van der Waals surface area (Å²) in [5, 5.41) is 0.539. The first-order chi connectivity index (χ1) is 9.63. The number of benzene rings is 1. The molecule has 4 nitrogen and oxygen atoms in total. The van der Waals surface area contributed by atoms with Gasteiger partial charge in [0.15, 0.2) is 0 Å². The quantitative estimate of drug-likeness (QED) is 0.771. The van der Waals surface area contributed by atoms with E-state index < -0.39 is 21.8 Å². The molecule has 0 fully saturated rings. The van der Waals surface area contributed by atoms with Gasteiger partial charge in [0.05, 0.1) is 35.3 Å². The average molecular weight is 397 g/mol. The van der Waals surface area contributed by atoms with E-state index in [1.54, 1.807) is 12.1 Å². The zero-order valence-electron chi connectivity index (χ0n) is 12.4. The Labute approximate surface area is 141 Å². The van der Waals surface area contributed by atoms with Crippen LogP contribution in [0.15, 0.2) is 22.7 Å². The molecule has 1 aromatic carbocycles. The maximum atomic E-state index is 12.3. The van der Waals surface area contributed by atoms with Gasteiger partial charge in [-0.3, -0.25) is 4.79 Å². The average Bonchev–Trinajstić information content (AvgIpc) is 2.35. The minimum absolute atomic E-state index is 0.0745. The van der Waals surface area contributed by atoms with Gasteiger partial charge in [0.1, 0.15) is 0 Å². The van der Waals surface area contributed by atoms with Crippen LogP contribution < -0.4 is 4.72 Å². The van der Waals surface area contributed by atoms with E-state index in [4.69, 9.17) is 16.3 Å². The molecule has 0 aliphatic heterocycles. The minimum Gasteiger partial charge on any atom is -0.469 e. The molecular weight excluding hydrogens is 378 g/mol. The smallest absolute Gasteiger partial charge is 0.307 e. The van der Waals surface area contributed by atoms with Crippen LogP contribution in [-0.2, 0) is 20.5 Å². The number of carbonyl (C=O) groups is 1. The molecule has 21 heavy (non-hydrogen) atoms. The first-order valence-corrected chi connectivity index (χ1v) is 8.66. The van der Waals surface area contributed by atoms with Gasteiger partial charge in [-0.1, -0.05) is 27.5 Å². The third-order valence-electron chi connectivity index (χ3n) is 2.69. The molecule has 0 heterocycles. The Kier molecular flexibility index (Phi) is 6.84. The number of hydrogen-bond donors (Lipinski definition) is 1. The summed E-state index contributed by atoms with van der Waals surface area (Å²) in [4.78, 5) is 11.6. The van der Waals surface area contributed by atoms with Crippen molar-refractivity contribution in [1.82, 2.24) is 4.72 Å². The van der Waals surface area contributed by atoms with E-state index in [1.807, 2.05) is 26.8 Å². The van der Waals surface area contributed by atoms with E-state index in [0.29, 0.717) is 5.02 Å². The Morgan fingerprint density at radius 1 is 1.43 bits per heavy atom. The van der Waals surface area contributed by atoms with Crippen LogP contribution in [0.1, 0.15) is 38.8 Å². The molecule has 0 unspecified atom stereocenters. The summed E-state index contributed by atoms with van der Waals surface area (Å²) in [5.41, 5.74) is 0.775. The van der Waals surface area contributed by atoms with E-state index in [-0.39, 0.29) is 12.4 Å². The van der Waals surface area contributed by atoms with Crippen molar-refractivity contribution in [2.24, 2.45) is 0 Å². The summed E-state index contributed by atoms with van der Waals surface area (Å²) in [6.45, 7) is 5.58. The van der Waals surface area contributed by atoms with Crippen LogP contribution in [0.3, 0.4) is 0 Å². The normalized spacial score (nSPS) is 14.6. The van der Waals surface area contributed by atoms with Gasteiger partial charge in [-0.2, -0.15) is 0 Å². The Balaban J connectivity index is 3.07. The predicted molar refractivity (Wildman–Crippen MR) is 89.6 cm³/mol. The lowest BCUT2D eigenvalue weighted by Crippen LogP contribution is -2.36. The molecule has 0 amide bonds. The van der Waals surface area contributed by atoms with Gasteiger partial charge in [-0.05, 0) is 44.5 Å². The number of methoxy groups -OCH3 is 1. The number of nitrogens with one attached hydrogen (secondary N) is 1. The molecule has 0 aliphatic rings. The highest BCUT2D eigenvalue weighted by Gasteiger charge is 2.25. The number of esters is 1. The van der Waals surface area contributed by atoms with Gasteiger partial charge in [-0.15, -0.1) is 0 Å². The van der Waals surface area contributed by atoms with Gasteiger partial charge in [0, 0.05) is 9.50 Å². The summed E-state index contributed by atoms with van der Waals surface area (Å²) in [7, 11) is 0.0117. The molecule has 0 aliphatic carbocycles. The molecule has 1 rings (SSSR count). The van der Waals surface area contributed by atoms with Crippen LogP contribution in [0.2, 0.25) is 5.02 Å². The molecule has 7 heteroatoms. The van der Waals surface area contributed by atoms with Crippen molar-refractivity contribution < 1.29 is 13.7 Å². The van der Waals surface area contributed by atoms with E-state index in [9.17, 15) is 9.00 Å². The van der Waals surface area contributed by atoms with Crippen LogP contribution in [-0.4, -0.2) is 22.0 Å². The van der Waals surface area contributed by atoms with Crippen molar-refractivity contribution in [3.63, 3.8) is 0 Å². The van der Waals surface area contributed by atoms with Crippen LogP contribution in [0.5, 0.6) is 0 Å². The lowest BCUT2D eigenvalue weighted by Gasteiger charge is -2.24. The lowest BCUT2D eigenvalue weighted by molar-refractivity contribution is -0.141. The summed E-state index contributed by atoms with van der Waals surface area (Å²) in [5.74, 6) is -0.380. The molecule has 1 aromatic rings. The van der Waals surface area contributed by atoms with Crippen molar-refractivity contribution in [2.45, 2.75) is 38.0 Å². The van der Waals surface area contributed by atoms with E-state index in [0.717, 1.165) is 10.0 Å². The molecule has 1 N–H and O–H groups in total. The van der Waals surface area contributed by atoms with Gasteiger partial charge in [-0.25, -0.2) is 8.93 Å². The van der Waals surface area contributed by atoms with Crippen molar-refractivity contribution >= 4 is 44.5 Å². The number of rotatable bonds is 5. The van der Waals surface area contributed by atoms with Crippen molar-refractivity contribution in [2.75, 3.05) is 7.11 Å². The van der Waals surface area contributed by atoms with Crippen LogP contribution >= 0.6 is 27.5 Å². The molecule has 0 saturated heterocycles. The monoisotopic (exact) mass is 395 g/mol. The molecule has 0 bridgehead atoms. The summed E-state index contributed by atoms with van der Waals surface area (Å²) < 4.78 is 20.3. The van der Waals surface area contributed by atoms with Gasteiger partial charge >= 0.3 is 5.97 Å². The molecule has 118 valence electrons. The maximum absolute atomic E-state index is 12.3. The molecule has 0 spiro atoms. The lowest BCUT2D eigenvalue weighted by atomic mass is 10.1. The second kappa shape index (κ2) is 7.72. The fourth-order valence-corrected chi connectivity index (χ4v) is 3.28. The third kappa shape index (κ3) is 6.06. The second-order valence-electron chi connectivity index (χ2n) is 5.53. The summed E-state index contributed by atoms with van der Waals surface area (Å²) in [6, 6.07) is 4.90. The van der Waals surface area contributed by atoms with Crippen molar-refractivity contribution in [1.29, 1.82) is 0 Å². The zero-order chi connectivity index (χ0) is 16.2. The second-order valence-corrected chi connectivity index (χ2v) is 8.88. The summed E-state index contributed by atoms with van der Waals surface area (Å²) >= 11 is 9.41. The highest BCUT2D eigenvalue weighted by atomic mass is 79.9. The number of halogens is 2. The van der Waals surface area contributed by atoms with Gasteiger partial charge in [0.2, 0.25) is 0 Å². The topological polar surface area (TPSA) is 55.4 Å². The van der Waals surface area contributed by atoms with E-state index >= 15 is 0 Å². The molecule has 0 saturated carbocycles. The predicted octanol–water partition coefficient (Wildman–Crippen LogP) is 3.76. The van der Waals surface area contributed by atoms with Gasteiger partial charge in [0.25, 0.3) is 0 Å². The Bertz CT molecular complexity index is 525. The standard InChI is InChI=1S/C14H19BrClNO3S/c1-14(2,3)21(19)17-12(8-13(18)20-4)9-5-10(15)7-11(16)6-9/h5-7,12,17H,8H2,1-4H3/t12-,21+/m0/s1. The van der Waals surface area contributed by atoms with Crippen molar-refractivity contribution in [3.05, 3.63) is 33.3 Å².